The summed E-state index contributed by atoms with van der Waals surface area (Å²) < 4.78 is 0. The average molecular weight is 421 g/mol. The first kappa shape index (κ1) is 28.3. The fraction of sp³-hybridized carbons (Fsp3) is 0.379. The van der Waals surface area contributed by atoms with Gasteiger partial charge in [0.15, 0.2) is 0 Å². The molecule has 31 heavy (non-hydrogen) atoms. The minimum Gasteiger partial charge on any atom is -0.380 e. The van der Waals surface area contributed by atoms with Crippen LogP contribution in [-0.2, 0) is 13.0 Å². The minimum atomic E-state index is 0.919. The maximum absolute atomic E-state index is 3.00. The normalized spacial score (nSPS) is 10.6. The third kappa shape index (κ3) is 10.7. The van der Waals surface area contributed by atoms with Gasteiger partial charge in [-0.05, 0) is 62.4 Å². The van der Waals surface area contributed by atoms with Crippen LogP contribution in [0.1, 0.15) is 55.5 Å². The van der Waals surface area contributed by atoms with Crippen LogP contribution in [0.5, 0.6) is 0 Å². The molecule has 0 heterocycles. The van der Waals surface area contributed by atoms with Crippen LogP contribution in [0.4, 0.5) is 0 Å². The highest BCUT2D eigenvalue weighted by atomic mass is 15.1. The SMILES string of the molecule is C/C=C\c1cc(CN(/C=C(\C)N(C)C)CCc2ccc(C)cc2)ccc1C.C=C.CC. The van der Waals surface area contributed by atoms with Gasteiger partial charge in [0.05, 0.1) is 0 Å². The molecule has 2 aromatic carbocycles. The van der Waals surface area contributed by atoms with Crippen molar-refractivity contribution in [2.24, 2.45) is 0 Å². The molecule has 0 amide bonds. The van der Waals surface area contributed by atoms with Crippen LogP contribution < -0.4 is 0 Å². The van der Waals surface area contributed by atoms with Crippen LogP contribution in [0.15, 0.2) is 73.6 Å². The largest absolute Gasteiger partial charge is 0.380 e. The van der Waals surface area contributed by atoms with Crippen LogP contribution >= 0.6 is 0 Å². The summed E-state index contributed by atoms with van der Waals surface area (Å²) in [5.74, 6) is 0. The highest BCUT2D eigenvalue weighted by Gasteiger charge is 2.06. The fourth-order valence-electron chi connectivity index (χ4n) is 2.98. The number of benzene rings is 2. The molecule has 2 aromatic rings. The molecule has 0 saturated heterocycles. The third-order valence-electron chi connectivity index (χ3n) is 4.96. The predicted molar refractivity (Wildman–Crippen MR) is 141 cm³/mol. The Balaban J connectivity index is 0.00000212. The van der Waals surface area contributed by atoms with E-state index in [0.29, 0.717) is 0 Å². The van der Waals surface area contributed by atoms with Gasteiger partial charge in [0.25, 0.3) is 0 Å². The molecule has 0 saturated carbocycles. The summed E-state index contributed by atoms with van der Waals surface area (Å²) in [6, 6.07) is 15.7. The summed E-state index contributed by atoms with van der Waals surface area (Å²) in [5, 5.41) is 0. The van der Waals surface area contributed by atoms with Gasteiger partial charge in [0.1, 0.15) is 0 Å². The number of hydrogen-bond donors (Lipinski definition) is 0. The molecule has 0 spiro atoms. The lowest BCUT2D eigenvalue weighted by molar-refractivity contribution is 0.357. The standard InChI is InChI=1S/C25H34N2.C2H6.C2H4/c1-7-8-25-17-24(14-11-21(25)3)19-27(18-22(4)26(5)6)16-15-23-12-9-20(2)10-13-23;2*1-2/h7-14,17-18H,15-16,19H2,1-6H3;1-2H3;1-2H2/b8-7-,22-18+;;. The zero-order valence-electron chi connectivity index (χ0n) is 21.2. The van der Waals surface area contributed by atoms with E-state index in [1.54, 1.807) is 0 Å². The van der Waals surface area contributed by atoms with Crippen molar-refractivity contribution in [2.75, 3.05) is 20.6 Å². The molecule has 0 unspecified atom stereocenters. The number of hydrogen-bond acceptors (Lipinski definition) is 2. The summed E-state index contributed by atoms with van der Waals surface area (Å²) in [6.07, 6.45) is 7.63. The monoisotopic (exact) mass is 420 g/mol. The van der Waals surface area contributed by atoms with Crippen molar-refractivity contribution in [3.8, 4) is 0 Å². The Kier molecular flexibility index (Phi) is 14.6. The zero-order chi connectivity index (χ0) is 23.8. The van der Waals surface area contributed by atoms with E-state index in [4.69, 9.17) is 0 Å². The Bertz CT molecular complexity index is 798. The maximum Gasteiger partial charge on any atom is 0.0424 e. The van der Waals surface area contributed by atoms with Gasteiger partial charge in [0.2, 0.25) is 0 Å². The fourth-order valence-corrected chi connectivity index (χ4v) is 2.98. The van der Waals surface area contributed by atoms with Crippen molar-refractivity contribution in [1.82, 2.24) is 9.80 Å². The van der Waals surface area contributed by atoms with E-state index in [-0.39, 0.29) is 0 Å². The molecule has 2 rings (SSSR count). The Morgan fingerprint density at radius 3 is 2.06 bits per heavy atom. The molecular formula is C29H44N2. The molecule has 0 aliphatic heterocycles. The molecule has 170 valence electrons. The van der Waals surface area contributed by atoms with Crippen molar-refractivity contribution in [1.29, 1.82) is 0 Å². The van der Waals surface area contributed by atoms with Crippen molar-refractivity contribution in [2.45, 2.75) is 54.5 Å². The molecule has 0 radical (unpaired) electrons. The van der Waals surface area contributed by atoms with Gasteiger partial charge in [0, 0.05) is 39.1 Å². The number of rotatable bonds is 8. The lowest BCUT2D eigenvalue weighted by Crippen LogP contribution is -2.22. The minimum absolute atomic E-state index is 0.919. The van der Waals surface area contributed by atoms with E-state index in [9.17, 15) is 0 Å². The molecule has 2 heteroatoms. The summed E-state index contributed by atoms with van der Waals surface area (Å²) in [6.45, 7) is 20.5. The Labute approximate surface area is 192 Å². The summed E-state index contributed by atoms with van der Waals surface area (Å²) in [4.78, 5) is 4.60. The molecule has 0 atom stereocenters. The number of nitrogens with zero attached hydrogens (tertiary/aromatic N) is 2. The summed E-state index contributed by atoms with van der Waals surface area (Å²) >= 11 is 0. The second-order valence-electron chi connectivity index (χ2n) is 7.56. The Hall–Kier alpha value is -2.74. The molecule has 0 aromatic heterocycles. The first-order chi connectivity index (χ1) is 14.9. The summed E-state index contributed by atoms with van der Waals surface area (Å²) in [5.41, 5.74) is 7.94. The summed E-state index contributed by atoms with van der Waals surface area (Å²) in [7, 11) is 4.19. The topological polar surface area (TPSA) is 6.48 Å². The van der Waals surface area contributed by atoms with Gasteiger partial charge < -0.3 is 9.80 Å². The van der Waals surface area contributed by atoms with Crippen LogP contribution in [0.25, 0.3) is 6.08 Å². The molecule has 0 aliphatic rings. The smallest absolute Gasteiger partial charge is 0.0424 e. The zero-order valence-corrected chi connectivity index (χ0v) is 21.2. The van der Waals surface area contributed by atoms with Crippen LogP contribution in [0, 0.1) is 13.8 Å². The van der Waals surface area contributed by atoms with E-state index in [0.717, 1.165) is 19.5 Å². The molecular weight excluding hydrogens is 376 g/mol. The molecule has 2 nitrogen and oxygen atoms in total. The first-order valence-electron chi connectivity index (χ1n) is 11.3. The lowest BCUT2D eigenvalue weighted by atomic mass is 10.0. The van der Waals surface area contributed by atoms with Gasteiger partial charge in [-0.25, -0.2) is 0 Å². The van der Waals surface area contributed by atoms with Crippen molar-refractivity contribution >= 4 is 6.08 Å². The number of allylic oxidation sites excluding steroid dienone is 2. The van der Waals surface area contributed by atoms with E-state index in [1.165, 1.54) is 33.5 Å². The highest BCUT2D eigenvalue weighted by Crippen LogP contribution is 2.16. The van der Waals surface area contributed by atoms with Gasteiger partial charge in [-0.2, -0.15) is 0 Å². The second kappa shape index (κ2) is 16.0. The van der Waals surface area contributed by atoms with Gasteiger partial charge >= 0.3 is 0 Å². The Morgan fingerprint density at radius 2 is 1.52 bits per heavy atom. The third-order valence-corrected chi connectivity index (χ3v) is 4.96. The van der Waals surface area contributed by atoms with Crippen LogP contribution in [0.3, 0.4) is 0 Å². The van der Waals surface area contributed by atoms with E-state index in [2.05, 4.69) is 126 Å². The Morgan fingerprint density at radius 1 is 0.935 bits per heavy atom. The first-order valence-corrected chi connectivity index (χ1v) is 11.3. The quantitative estimate of drug-likeness (QED) is 0.405. The van der Waals surface area contributed by atoms with E-state index >= 15 is 0 Å². The van der Waals surface area contributed by atoms with Gasteiger partial charge in [-0.1, -0.05) is 68.0 Å². The lowest BCUT2D eigenvalue weighted by Gasteiger charge is -2.24. The predicted octanol–water partition coefficient (Wildman–Crippen LogP) is 7.63. The molecule has 0 N–H and O–H groups in total. The number of aryl methyl sites for hydroxylation is 2. The van der Waals surface area contributed by atoms with Crippen LogP contribution in [-0.4, -0.2) is 30.4 Å². The molecule has 0 aliphatic carbocycles. The highest BCUT2D eigenvalue weighted by molar-refractivity contribution is 5.54. The van der Waals surface area contributed by atoms with Gasteiger partial charge in [-0.3, -0.25) is 0 Å². The van der Waals surface area contributed by atoms with Crippen molar-refractivity contribution < 1.29 is 0 Å². The van der Waals surface area contributed by atoms with Crippen molar-refractivity contribution in [3.63, 3.8) is 0 Å². The van der Waals surface area contributed by atoms with E-state index < -0.39 is 0 Å². The van der Waals surface area contributed by atoms with Crippen molar-refractivity contribution in [3.05, 3.63) is 101 Å². The molecule has 0 fully saturated rings. The molecule has 0 bridgehead atoms. The van der Waals surface area contributed by atoms with Crippen LogP contribution in [0.2, 0.25) is 0 Å². The van der Waals surface area contributed by atoms with E-state index in [1.807, 2.05) is 13.8 Å². The maximum atomic E-state index is 3.00. The second-order valence-corrected chi connectivity index (χ2v) is 7.56. The van der Waals surface area contributed by atoms with Gasteiger partial charge in [-0.15, -0.1) is 13.2 Å². The average Bonchev–Trinajstić information content (AvgIpc) is 2.78.